The van der Waals surface area contributed by atoms with Crippen LogP contribution in [0.2, 0.25) is 0 Å². The fraction of sp³-hybridized carbons (Fsp3) is 0.207. The quantitative estimate of drug-likeness (QED) is 0.351. The fourth-order valence-corrected chi connectivity index (χ4v) is 6.71. The molecule has 198 valence electrons. The number of nitrogens with zero attached hydrogens (tertiary/aromatic N) is 2. The molecule has 0 aliphatic heterocycles. The largest absolute Gasteiger partial charge is 0.447 e. The van der Waals surface area contributed by atoms with E-state index in [1.165, 1.54) is 34.7 Å². The first-order valence-corrected chi connectivity index (χ1v) is 14.0. The highest BCUT2D eigenvalue weighted by Gasteiger charge is 2.45. The summed E-state index contributed by atoms with van der Waals surface area (Å²) in [7, 11) is -4.00. The number of hydrogen-bond donors (Lipinski definition) is 2. The Morgan fingerprint density at radius 1 is 1.00 bits per heavy atom. The molecule has 0 saturated heterocycles. The molecule has 6 rings (SSSR count). The van der Waals surface area contributed by atoms with Crippen LogP contribution >= 0.6 is 0 Å². The molecule has 1 saturated carbocycles. The third kappa shape index (κ3) is 4.08. The SMILES string of the molecule is CC1CCC1(C)c1ocnc1/C=c1\[nH]c(=O)/c(=C/c2cc3ccccc3n2S(=O)(=O)c2ccccc2)[nH]c1=O. The van der Waals surface area contributed by atoms with Gasteiger partial charge in [0.05, 0.1) is 16.1 Å². The van der Waals surface area contributed by atoms with Crippen molar-refractivity contribution in [3.63, 3.8) is 0 Å². The van der Waals surface area contributed by atoms with Crippen molar-refractivity contribution in [2.45, 2.75) is 37.0 Å². The zero-order valence-corrected chi connectivity index (χ0v) is 22.2. The molecule has 9 nitrogen and oxygen atoms in total. The Hall–Kier alpha value is -4.44. The van der Waals surface area contributed by atoms with Gasteiger partial charge in [0.15, 0.2) is 6.39 Å². The third-order valence-electron chi connectivity index (χ3n) is 7.83. The van der Waals surface area contributed by atoms with Gasteiger partial charge in [-0.3, -0.25) is 9.59 Å². The highest BCUT2D eigenvalue weighted by molar-refractivity contribution is 7.90. The fourth-order valence-electron chi connectivity index (χ4n) is 5.19. The first kappa shape index (κ1) is 24.9. The van der Waals surface area contributed by atoms with E-state index in [0.717, 1.165) is 12.8 Å². The number of aromatic nitrogens is 4. The Labute approximate surface area is 223 Å². The molecule has 39 heavy (non-hydrogen) atoms. The van der Waals surface area contributed by atoms with Gasteiger partial charge < -0.3 is 14.4 Å². The first-order valence-electron chi connectivity index (χ1n) is 12.6. The lowest BCUT2D eigenvalue weighted by Gasteiger charge is -2.43. The molecule has 10 heteroatoms. The Morgan fingerprint density at radius 3 is 2.33 bits per heavy atom. The topological polar surface area (TPSA) is 131 Å². The summed E-state index contributed by atoms with van der Waals surface area (Å²) in [4.78, 5) is 35.7. The van der Waals surface area contributed by atoms with Gasteiger partial charge in [0, 0.05) is 10.8 Å². The highest BCUT2D eigenvalue weighted by Crippen LogP contribution is 2.49. The van der Waals surface area contributed by atoms with Gasteiger partial charge in [0.1, 0.15) is 22.2 Å². The number of H-pyrrole nitrogens is 2. The van der Waals surface area contributed by atoms with E-state index < -0.39 is 21.1 Å². The third-order valence-corrected chi connectivity index (χ3v) is 9.59. The maximum atomic E-state index is 13.6. The van der Waals surface area contributed by atoms with E-state index in [1.807, 2.05) is 0 Å². The van der Waals surface area contributed by atoms with Gasteiger partial charge in [0.2, 0.25) is 0 Å². The smallest absolute Gasteiger partial charge is 0.272 e. The first-order chi connectivity index (χ1) is 18.7. The van der Waals surface area contributed by atoms with Crippen LogP contribution in [-0.4, -0.2) is 27.3 Å². The predicted molar refractivity (Wildman–Crippen MR) is 147 cm³/mol. The van der Waals surface area contributed by atoms with Crippen molar-refractivity contribution in [1.82, 2.24) is 18.9 Å². The van der Waals surface area contributed by atoms with Gasteiger partial charge in [-0.05, 0) is 55.2 Å². The number of benzene rings is 2. The Balaban J connectivity index is 1.51. The van der Waals surface area contributed by atoms with Crippen molar-refractivity contribution >= 4 is 33.1 Å². The highest BCUT2D eigenvalue weighted by atomic mass is 32.2. The summed E-state index contributed by atoms with van der Waals surface area (Å²) in [5.74, 6) is 1.10. The van der Waals surface area contributed by atoms with E-state index in [0.29, 0.717) is 28.3 Å². The zero-order chi connectivity index (χ0) is 27.4. The molecule has 1 aliphatic carbocycles. The second-order valence-corrected chi connectivity index (χ2v) is 11.9. The number of oxazole rings is 1. The van der Waals surface area contributed by atoms with Gasteiger partial charge in [-0.2, -0.15) is 0 Å². The summed E-state index contributed by atoms with van der Waals surface area (Å²) < 4.78 is 34.1. The van der Waals surface area contributed by atoms with Crippen LogP contribution in [-0.2, 0) is 15.4 Å². The van der Waals surface area contributed by atoms with Crippen LogP contribution in [0.1, 0.15) is 43.8 Å². The van der Waals surface area contributed by atoms with Gasteiger partial charge in [-0.15, -0.1) is 0 Å². The van der Waals surface area contributed by atoms with Crippen LogP contribution in [0.4, 0.5) is 0 Å². The Bertz CT molecular complexity index is 2070. The lowest BCUT2D eigenvalue weighted by molar-refractivity contribution is 0.129. The van der Waals surface area contributed by atoms with Crippen molar-refractivity contribution in [2.24, 2.45) is 5.92 Å². The van der Waals surface area contributed by atoms with Gasteiger partial charge >= 0.3 is 0 Å². The number of hydrogen-bond acceptors (Lipinski definition) is 6. The molecule has 3 aromatic heterocycles. The molecule has 1 fully saturated rings. The lowest BCUT2D eigenvalue weighted by atomic mass is 9.60. The lowest BCUT2D eigenvalue weighted by Crippen LogP contribution is -2.47. The summed E-state index contributed by atoms with van der Waals surface area (Å²) in [6.45, 7) is 4.25. The van der Waals surface area contributed by atoms with E-state index in [-0.39, 0.29) is 26.7 Å². The summed E-state index contributed by atoms with van der Waals surface area (Å²) in [6, 6.07) is 16.7. The summed E-state index contributed by atoms with van der Waals surface area (Å²) >= 11 is 0. The van der Waals surface area contributed by atoms with Crippen LogP contribution in [0.15, 0.2) is 86.0 Å². The molecule has 2 aromatic carbocycles. The second-order valence-electron chi connectivity index (χ2n) is 10.2. The zero-order valence-electron chi connectivity index (χ0n) is 21.3. The van der Waals surface area contributed by atoms with Crippen molar-refractivity contribution < 1.29 is 12.8 Å². The number of para-hydroxylation sites is 1. The van der Waals surface area contributed by atoms with E-state index in [2.05, 4.69) is 28.8 Å². The van der Waals surface area contributed by atoms with Crippen LogP contribution in [0.25, 0.3) is 23.1 Å². The second kappa shape index (κ2) is 9.09. The normalized spacial score (nSPS) is 20.4. The Kier molecular flexibility index (Phi) is 5.80. The predicted octanol–water partition coefficient (Wildman–Crippen LogP) is 2.59. The summed E-state index contributed by atoms with van der Waals surface area (Å²) in [5.41, 5.74) is -0.132. The van der Waals surface area contributed by atoms with Gasteiger partial charge in [0.25, 0.3) is 21.1 Å². The molecule has 0 amide bonds. The van der Waals surface area contributed by atoms with Crippen molar-refractivity contribution in [1.29, 1.82) is 0 Å². The van der Waals surface area contributed by atoms with Gasteiger partial charge in [-0.1, -0.05) is 50.2 Å². The molecule has 0 bridgehead atoms. The minimum Gasteiger partial charge on any atom is -0.447 e. The minimum absolute atomic E-state index is 0.0281. The summed E-state index contributed by atoms with van der Waals surface area (Å²) in [6.07, 6.45) is 6.25. The molecule has 5 aromatic rings. The molecular formula is C29H26N4O5S. The van der Waals surface area contributed by atoms with E-state index in [9.17, 15) is 18.0 Å². The monoisotopic (exact) mass is 542 g/mol. The maximum absolute atomic E-state index is 13.6. The summed E-state index contributed by atoms with van der Waals surface area (Å²) in [5, 5.41) is 0.619. The maximum Gasteiger partial charge on any atom is 0.272 e. The number of nitrogens with one attached hydrogen (secondary N) is 2. The molecule has 0 spiro atoms. The number of fused-ring (bicyclic) bond motifs is 1. The molecule has 2 atom stereocenters. The molecule has 2 unspecified atom stereocenters. The molecule has 3 heterocycles. The molecule has 0 radical (unpaired) electrons. The van der Waals surface area contributed by atoms with Crippen LogP contribution < -0.4 is 21.8 Å². The van der Waals surface area contributed by atoms with Crippen molar-refractivity contribution in [3.05, 3.63) is 116 Å². The molecular weight excluding hydrogens is 516 g/mol. The number of aromatic amines is 2. The van der Waals surface area contributed by atoms with Gasteiger partial charge in [-0.25, -0.2) is 17.4 Å². The Morgan fingerprint density at radius 2 is 1.67 bits per heavy atom. The van der Waals surface area contributed by atoms with Crippen LogP contribution in [0.5, 0.6) is 0 Å². The van der Waals surface area contributed by atoms with E-state index >= 15 is 0 Å². The van der Waals surface area contributed by atoms with Crippen LogP contribution in [0, 0.1) is 5.92 Å². The van der Waals surface area contributed by atoms with E-state index in [4.69, 9.17) is 4.42 Å². The molecule has 1 aliphatic rings. The average Bonchev–Trinajstić information content (AvgIpc) is 3.55. The average molecular weight is 543 g/mol. The molecule has 2 N–H and O–H groups in total. The van der Waals surface area contributed by atoms with E-state index in [1.54, 1.807) is 48.5 Å². The van der Waals surface area contributed by atoms with Crippen molar-refractivity contribution in [2.75, 3.05) is 0 Å². The van der Waals surface area contributed by atoms with Crippen LogP contribution in [0.3, 0.4) is 0 Å². The van der Waals surface area contributed by atoms with Crippen molar-refractivity contribution in [3.8, 4) is 0 Å². The minimum atomic E-state index is -4.00. The number of rotatable bonds is 5. The standard InChI is InChI=1S/C29H26N4O5S/c1-18-12-13-29(18,2)26-22(30-17-38-26)16-24-28(35)31-23(27(34)32-24)15-20-14-19-8-6-7-11-25(19)33(20)39(36,37)21-9-4-3-5-10-21/h3-11,14-18H,12-13H2,1-2H3,(H,31,35)(H,32,34)/b23-15-,24-16-.